The average molecular weight is 419 g/mol. The lowest BCUT2D eigenvalue weighted by atomic mass is 10.1. The van der Waals surface area contributed by atoms with Gasteiger partial charge in [-0.25, -0.2) is 8.42 Å². The molecule has 0 unspecified atom stereocenters. The van der Waals surface area contributed by atoms with Crippen molar-refractivity contribution < 1.29 is 21.6 Å². The lowest BCUT2D eigenvalue weighted by molar-refractivity contribution is -0.137. The lowest BCUT2D eigenvalue weighted by Crippen LogP contribution is -2.48. The number of alkyl halides is 3. The van der Waals surface area contributed by atoms with Crippen LogP contribution >= 0.6 is 11.6 Å². The highest BCUT2D eigenvalue weighted by Gasteiger charge is 2.36. The molecular formula is C18H18ClF3N2O2S. The van der Waals surface area contributed by atoms with Crippen molar-refractivity contribution in [1.82, 2.24) is 4.31 Å². The molecule has 0 saturated carbocycles. The molecule has 0 radical (unpaired) electrons. The molecule has 1 saturated heterocycles. The molecule has 1 aliphatic heterocycles. The van der Waals surface area contributed by atoms with Gasteiger partial charge in [0, 0.05) is 31.9 Å². The van der Waals surface area contributed by atoms with E-state index in [2.05, 4.69) is 4.90 Å². The van der Waals surface area contributed by atoms with Gasteiger partial charge in [0.15, 0.2) is 0 Å². The fourth-order valence-electron chi connectivity index (χ4n) is 3.12. The first kappa shape index (κ1) is 20.0. The van der Waals surface area contributed by atoms with Crippen molar-refractivity contribution in [2.45, 2.75) is 18.0 Å². The van der Waals surface area contributed by atoms with Crippen LogP contribution in [0, 0.1) is 6.92 Å². The molecule has 0 bridgehead atoms. The zero-order chi connectivity index (χ0) is 19.8. The first-order chi connectivity index (χ1) is 12.6. The largest absolute Gasteiger partial charge is 0.417 e. The van der Waals surface area contributed by atoms with Gasteiger partial charge >= 0.3 is 6.18 Å². The summed E-state index contributed by atoms with van der Waals surface area (Å²) in [6.07, 6.45) is -4.72. The van der Waals surface area contributed by atoms with Gasteiger partial charge in [0.2, 0.25) is 10.0 Å². The van der Waals surface area contributed by atoms with Crippen LogP contribution in [0.3, 0.4) is 0 Å². The summed E-state index contributed by atoms with van der Waals surface area (Å²) in [6.45, 7) is 3.29. The van der Waals surface area contributed by atoms with Crippen LogP contribution in [0.4, 0.5) is 18.9 Å². The van der Waals surface area contributed by atoms with E-state index in [4.69, 9.17) is 11.6 Å². The Morgan fingerprint density at radius 3 is 2.22 bits per heavy atom. The van der Waals surface area contributed by atoms with Gasteiger partial charge in [-0.3, -0.25) is 0 Å². The number of hydrogen-bond donors (Lipinski definition) is 0. The Hall–Kier alpha value is -1.77. The summed E-state index contributed by atoms with van der Waals surface area (Å²) in [5, 5.41) is -0.522. The summed E-state index contributed by atoms with van der Waals surface area (Å²) in [7, 11) is -4.03. The van der Waals surface area contributed by atoms with E-state index < -0.39 is 31.7 Å². The predicted molar refractivity (Wildman–Crippen MR) is 98.6 cm³/mol. The topological polar surface area (TPSA) is 40.6 Å². The number of piperazine rings is 1. The third-order valence-corrected chi connectivity index (χ3v) is 6.80. The maximum absolute atomic E-state index is 13.0. The Kier molecular flexibility index (Phi) is 5.42. The summed E-state index contributed by atoms with van der Waals surface area (Å²) in [5.74, 6) is 0. The molecule has 0 amide bonds. The normalized spacial score (nSPS) is 16.6. The van der Waals surface area contributed by atoms with E-state index in [-0.39, 0.29) is 13.1 Å². The minimum Gasteiger partial charge on any atom is -0.369 e. The first-order valence-corrected chi connectivity index (χ1v) is 10.1. The van der Waals surface area contributed by atoms with Crippen LogP contribution in [0.25, 0.3) is 0 Å². The molecule has 9 heteroatoms. The third-order valence-electron chi connectivity index (χ3n) is 4.58. The Balaban J connectivity index is 1.81. The number of anilines is 1. The molecule has 0 spiro atoms. The van der Waals surface area contributed by atoms with Crippen LogP contribution in [0.1, 0.15) is 11.1 Å². The Bertz CT molecular complexity index is 940. The van der Waals surface area contributed by atoms with Crippen LogP contribution in [0.2, 0.25) is 5.02 Å². The SMILES string of the molecule is Cc1ccccc1N1CCN(S(=O)(=O)c2ccc(Cl)c(C(F)(F)F)c2)CC1. The molecule has 4 nitrogen and oxygen atoms in total. The Morgan fingerprint density at radius 1 is 1.00 bits per heavy atom. The highest BCUT2D eigenvalue weighted by Crippen LogP contribution is 2.36. The summed E-state index contributed by atoms with van der Waals surface area (Å²) >= 11 is 5.58. The molecule has 0 aliphatic carbocycles. The van der Waals surface area contributed by atoms with E-state index >= 15 is 0 Å². The van der Waals surface area contributed by atoms with Crippen molar-refractivity contribution in [3.63, 3.8) is 0 Å². The van der Waals surface area contributed by atoms with Crippen molar-refractivity contribution in [3.8, 4) is 0 Å². The minimum absolute atomic E-state index is 0.195. The quantitative estimate of drug-likeness (QED) is 0.750. The summed E-state index contributed by atoms with van der Waals surface area (Å²) in [4.78, 5) is 1.67. The van der Waals surface area contributed by atoms with Crippen molar-refractivity contribution in [3.05, 3.63) is 58.6 Å². The second-order valence-electron chi connectivity index (χ2n) is 6.32. The number of halogens is 4. The fraction of sp³-hybridized carbons (Fsp3) is 0.333. The van der Waals surface area contributed by atoms with Gasteiger partial charge in [-0.2, -0.15) is 17.5 Å². The van der Waals surface area contributed by atoms with Crippen LogP contribution in [0.5, 0.6) is 0 Å². The van der Waals surface area contributed by atoms with Gasteiger partial charge < -0.3 is 4.90 Å². The molecule has 2 aromatic carbocycles. The molecule has 0 N–H and O–H groups in total. The van der Waals surface area contributed by atoms with E-state index in [1.807, 2.05) is 31.2 Å². The maximum Gasteiger partial charge on any atom is 0.417 e. The van der Waals surface area contributed by atoms with Crippen molar-refractivity contribution >= 4 is 27.3 Å². The second-order valence-corrected chi connectivity index (χ2v) is 8.66. The minimum atomic E-state index is -4.72. The van der Waals surface area contributed by atoms with E-state index in [0.717, 1.165) is 23.4 Å². The molecule has 1 fully saturated rings. The molecule has 1 aliphatic rings. The van der Waals surface area contributed by atoms with Crippen LogP contribution in [0.15, 0.2) is 47.4 Å². The van der Waals surface area contributed by atoms with Crippen LogP contribution in [-0.2, 0) is 16.2 Å². The number of nitrogens with zero attached hydrogens (tertiary/aromatic N) is 2. The van der Waals surface area contributed by atoms with Gasteiger partial charge in [-0.15, -0.1) is 0 Å². The zero-order valence-corrected chi connectivity index (χ0v) is 16.1. The molecule has 2 aromatic rings. The number of hydrogen-bond acceptors (Lipinski definition) is 3. The number of aryl methyl sites for hydroxylation is 1. The average Bonchev–Trinajstić information content (AvgIpc) is 2.61. The number of sulfonamides is 1. The smallest absolute Gasteiger partial charge is 0.369 e. The van der Waals surface area contributed by atoms with Gasteiger partial charge in [0.25, 0.3) is 0 Å². The lowest BCUT2D eigenvalue weighted by Gasteiger charge is -2.36. The predicted octanol–water partition coefficient (Wildman–Crippen LogP) is 4.18. The molecule has 27 heavy (non-hydrogen) atoms. The van der Waals surface area contributed by atoms with Gasteiger partial charge in [0.1, 0.15) is 0 Å². The zero-order valence-electron chi connectivity index (χ0n) is 14.5. The molecule has 0 aromatic heterocycles. The van der Waals surface area contributed by atoms with Gasteiger partial charge in [0.05, 0.1) is 15.5 Å². The molecule has 146 valence electrons. The van der Waals surface area contributed by atoms with E-state index in [9.17, 15) is 21.6 Å². The summed E-state index contributed by atoms with van der Waals surface area (Å²) in [5.41, 5.74) is 0.963. The molecule has 0 atom stereocenters. The standard InChI is InChI=1S/C18H18ClF3N2O2S/c1-13-4-2-3-5-17(13)23-8-10-24(11-9-23)27(25,26)14-6-7-16(19)15(12-14)18(20,21)22/h2-7,12H,8-11H2,1H3. The Morgan fingerprint density at radius 2 is 1.63 bits per heavy atom. The highest BCUT2D eigenvalue weighted by atomic mass is 35.5. The van der Waals surface area contributed by atoms with Gasteiger partial charge in [-0.05, 0) is 36.8 Å². The number of benzene rings is 2. The van der Waals surface area contributed by atoms with Gasteiger partial charge in [-0.1, -0.05) is 29.8 Å². The number of para-hydroxylation sites is 1. The van der Waals surface area contributed by atoms with Crippen molar-refractivity contribution in [2.24, 2.45) is 0 Å². The monoisotopic (exact) mass is 418 g/mol. The maximum atomic E-state index is 13.0. The highest BCUT2D eigenvalue weighted by molar-refractivity contribution is 7.89. The summed E-state index contributed by atoms with van der Waals surface area (Å²) in [6, 6.07) is 10.5. The fourth-order valence-corrected chi connectivity index (χ4v) is 4.79. The molecule has 1 heterocycles. The first-order valence-electron chi connectivity index (χ1n) is 8.28. The number of rotatable bonds is 3. The van der Waals surface area contributed by atoms with Crippen molar-refractivity contribution in [2.75, 3.05) is 31.1 Å². The molecular weight excluding hydrogens is 401 g/mol. The van der Waals surface area contributed by atoms with E-state index in [1.54, 1.807) is 0 Å². The van der Waals surface area contributed by atoms with Crippen LogP contribution < -0.4 is 4.90 Å². The third kappa shape index (κ3) is 4.07. The van der Waals surface area contributed by atoms with E-state index in [1.165, 1.54) is 4.31 Å². The summed E-state index contributed by atoms with van der Waals surface area (Å²) < 4.78 is 65.9. The molecule has 3 rings (SSSR count). The van der Waals surface area contributed by atoms with Crippen molar-refractivity contribution in [1.29, 1.82) is 0 Å². The Labute approximate surface area is 161 Å². The van der Waals surface area contributed by atoms with E-state index in [0.29, 0.717) is 19.2 Å². The van der Waals surface area contributed by atoms with Crippen LogP contribution in [-0.4, -0.2) is 38.9 Å². The second kappa shape index (κ2) is 7.33.